The molecule has 0 heterocycles. The van der Waals surface area contributed by atoms with Crippen molar-refractivity contribution in [2.75, 3.05) is 35.0 Å². The van der Waals surface area contributed by atoms with Crippen LogP contribution in [0.15, 0.2) is 36.4 Å². The van der Waals surface area contributed by atoms with Crippen molar-refractivity contribution >= 4 is 5.91 Å². The van der Waals surface area contributed by atoms with Crippen molar-refractivity contribution in [2.24, 2.45) is 0 Å². The van der Waals surface area contributed by atoms with Gasteiger partial charge >= 0.3 is 0 Å². The Bertz CT molecular complexity index is 806. The molecular formula is C22H27NO5. The van der Waals surface area contributed by atoms with E-state index in [1.165, 1.54) is 0 Å². The SMILES string of the molecule is COc1cccc(C(=O)N(CCc2cc(OC)c(OC)c(OC)c2)C2CC2)c1. The van der Waals surface area contributed by atoms with Gasteiger partial charge in [-0.15, -0.1) is 0 Å². The molecule has 1 fully saturated rings. The molecule has 0 saturated heterocycles. The Morgan fingerprint density at radius 2 is 1.64 bits per heavy atom. The summed E-state index contributed by atoms with van der Waals surface area (Å²) in [5.41, 5.74) is 1.68. The Hall–Kier alpha value is -2.89. The minimum Gasteiger partial charge on any atom is -0.497 e. The van der Waals surface area contributed by atoms with Crippen molar-refractivity contribution in [3.05, 3.63) is 47.5 Å². The number of amides is 1. The monoisotopic (exact) mass is 385 g/mol. The summed E-state index contributed by atoms with van der Waals surface area (Å²) in [6.45, 7) is 0.624. The van der Waals surface area contributed by atoms with Gasteiger partial charge < -0.3 is 23.8 Å². The Balaban J connectivity index is 1.78. The number of methoxy groups -OCH3 is 4. The van der Waals surface area contributed by atoms with Crippen LogP contribution in [0.5, 0.6) is 23.0 Å². The Kier molecular flexibility index (Phi) is 6.29. The smallest absolute Gasteiger partial charge is 0.254 e. The van der Waals surface area contributed by atoms with Crippen LogP contribution >= 0.6 is 0 Å². The molecule has 1 saturated carbocycles. The predicted molar refractivity (Wildman–Crippen MR) is 107 cm³/mol. The second-order valence-electron chi connectivity index (χ2n) is 6.75. The van der Waals surface area contributed by atoms with E-state index in [9.17, 15) is 4.79 Å². The number of ether oxygens (including phenoxy) is 4. The number of hydrogen-bond acceptors (Lipinski definition) is 5. The van der Waals surface area contributed by atoms with E-state index in [0.717, 1.165) is 18.4 Å². The summed E-state index contributed by atoms with van der Waals surface area (Å²) in [4.78, 5) is 15.0. The van der Waals surface area contributed by atoms with Crippen molar-refractivity contribution in [3.8, 4) is 23.0 Å². The first-order valence-electron chi connectivity index (χ1n) is 9.35. The molecule has 0 spiro atoms. The summed E-state index contributed by atoms with van der Waals surface area (Å²) in [5.74, 6) is 2.53. The molecule has 0 atom stereocenters. The van der Waals surface area contributed by atoms with E-state index in [4.69, 9.17) is 18.9 Å². The van der Waals surface area contributed by atoms with Gasteiger partial charge in [0.15, 0.2) is 11.5 Å². The van der Waals surface area contributed by atoms with Gasteiger partial charge in [-0.3, -0.25) is 4.79 Å². The number of rotatable bonds is 9. The average molecular weight is 385 g/mol. The Morgan fingerprint density at radius 3 is 2.18 bits per heavy atom. The molecule has 0 aromatic heterocycles. The maximum Gasteiger partial charge on any atom is 0.254 e. The van der Waals surface area contributed by atoms with E-state index in [0.29, 0.717) is 47.6 Å². The predicted octanol–water partition coefficient (Wildman–Crippen LogP) is 3.57. The fraction of sp³-hybridized carbons (Fsp3) is 0.409. The standard InChI is InChI=1S/C22H27NO5/c1-25-18-7-5-6-16(14-18)22(24)23(17-8-9-17)11-10-15-12-19(26-2)21(28-4)20(13-15)27-3/h5-7,12-14,17H,8-11H2,1-4H3. The van der Waals surface area contributed by atoms with Crippen LogP contribution in [0.3, 0.4) is 0 Å². The maximum absolute atomic E-state index is 13.1. The normalized spacial score (nSPS) is 13.0. The van der Waals surface area contributed by atoms with Gasteiger partial charge in [0.2, 0.25) is 5.75 Å². The van der Waals surface area contributed by atoms with E-state index in [1.807, 2.05) is 35.2 Å². The molecule has 0 N–H and O–H groups in total. The third-order valence-corrected chi connectivity index (χ3v) is 4.93. The second kappa shape index (κ2) is 8.87. The number of carbonyl (C=O) groups excluding carboxylic acids is 1. The van der Waals surface area contributed by atoms with Gasteiger partial charge in [0.25, 0.3) is 5.91 Å². The van der Waals surface area contributed by atoms with Crippen LogP contribution in [0.25, 0.3) is 0 Å². The van der Waals surface area contributed by atoms with Crippen LogP contribution in [-0.2, 0) is 6.42 Å². The summed E-state index contributed by atoms with van der Waals surface area (Å²) in [5, 5.41) is 0. The van der Waals surface area contributed by atoms with Crippen molar-refractivity contribution in [2.45, 2.75) is 25.3 Å². The van der Waals surface area contributed by atoms with Crippen molar-refractivity contribution in [1.29, 1.82) is 0 Å². The zero-order valence-electron chi connectivity index (χ0n) is 16.9. The third-order valence-electron chi connectivity index (χ3n) is 4.93. The van der Waals surface area contributed by atoms with E-state index in [2.05, 4.69) is 0 Å². The summed E-state index contributed by atoms with van der Waals surface area (Å²) in [7, 11) is 6.39. The van der Waals surface area contributed by atoms with E-state index in [1.54, 1.807) is 34.5 Å². The molecular weight excluding hydrogens is 358 g/mol. The van der Waals surface area contributed by atoms with Crippen LogP contribution in [0.2, 0.25) is 0 Å². The highest BCUT2D eigenvalue weighted by Gasteiger charge is 2.33. The highest BCUT2D eigenvalue weighted by molar-refractivity contribution is 5.95. The number of hydrogen-bond donors (Lipinski definition) is 0. The quantitative estimate of drug-likeness (QED) is 0.661. The van der Waals surface area contributed by atoms with E-state index < -0.39 is 0 Å². The van der Waals surface area contributed by atoms with Crippen LogP contribution < -0.4 is 18.9 Å². The first-order valence-corrected chi connectivity index (χ1v) is 9.35. The van der Waals surface area contributed by atoms with Crippen LogP contribution in [-0.4, -0.2) is 51.8 Å². The van der Waals surface area contributed by atoms with Gasteiger partial charge in [-0.05, 0) is 55.2 Å². The molecule has 0 radical (unpaired) electrons. The zero-order chi connectivity index (χ0) is 20.1. The molecule has 28 heavy (non-hydrogen) atoms. The minimum absolute atomic E-state index is 0.0360. The van der Waals surface area contributed by atoms with Gasteiger partial charge in [-0.2, -0.15) is 0 Å². The van der Waals surface area contributed by atoms with Gasteiger partial charge in [0.05, 0.1) is 28.4 Å². The molecule has 1 amide bonds. The highest BCUT2D eigenvalue weighted by atomic mass is 16.5. The minimum atomic E-state index is 0.0360. The average Bonchev–Trinajstić information content (AvgIpc) is 3.58. The van der Waals surface area contributed by atoms with Crippen LogP contribution in [0.1, 0.15) is 28.8 Å². The fourth-order valence-corrected chi connectivity index (χ4v) is 3.29. The van der Waals surface area contributed by atoms with Crippen molar-refractivity contribution in [3.63, 3.8) is 0 Å². The molecule has 1 aliphatic rings. The van der Waals surface area contributed by atoms with E-state index >= 15 is 0 Å². The molecule has 0 bridgehead atoms. The number of nitrogens with zero attached hydrogens (tertiary/aromatic N) is 1. The van der Waals surface area contributed by atoms with Crippen molar-refractivity contribution < 1.29 is 23.7 Å². The topological polar surface area (TPSA) is 57.2 Å². The lowest BCUT2D eigenvalue weighted by molar-refractivity contribution is 0.0744. The third kappa shape index (κ3) is 4.32. The molecule has 150 valence electrons. The molecule has 0 unspecified atom stereocenters. The van der Waals surface area contributed by atoms with Gasteiger partial charge in [-0.25, -0.2) is 0 Å². The second-order valence-corrected chi connectivity index (χ2v) is 6.75. The molecule has 2 aromatic rings. The molecule has 6 heteroatoms. The fourth-order valence-electron chi connectivity index (χ4n) is 3.29. The Morgan fingerprint density at radius 1 is 0.964 bits per heavy atom. The summed E-state index contributed by atoms with van der Waals surface area (Å²) < 4.78 is 21.5. The van der Waals surface area contributed by atoms with Gasteiger partial charge in [0, 0.05) is 18.2 Å². The molecule has 3 rings (SSSR count). The molecule has 2 aromatic carbocycles. The maximum atomic E-state index is 13.1. The number of carbonyl (C=O) groups is 1. The van der Waals surface area contributed by atoms with E-state index in [-0.39, 0.29) is 5.91 Å². The summed E-state index contributed by atoms with van der Waals surface area (Å²) in [6, 6.07) is 11.5. The van der Waals surface area contributed by atoms with Crippen LogP contribution in [0, 0.1) is 0 Å². The largest absolute Gasteiger partial charge is 0.497 e. The van der Waals surface area contributed by atoms with Crippen molar-refractivity contribution in [1.82, 2.24) is 4.90 Å². The first kappa shape index (κ1) is 19.9. The Labute approximate surface area is 166 Å². The lowest BCUT2D eigenvalue weighted by atomic mass is 10.1. The molecule has 1 aliphatic carbocycles. The zero-order valence-corrected chi connectivity index (χ0v) is 16.9. The number of benzene rings is 2. The summed E-state index contributed by atoms with van der Waals surface area (Å²) in [6.07, 6.45) is 2.79. The van der Waals surface area contributed by atoms with Gasteiger partial charge in [0.1, 0.15) is 5.75 Å². The van der Waals surface area contributed by atoms with Crippen LogP contribution in [0.4, 0.5) is 0 Å². The lowest BCUT2D eigenvalue weighted by Crippen LogP contribution is -2.35. The highest BCUT2D eigenvalue weighted by Crippen LogP contribution is 2.38. The van der Waals surface area contributed by atoms with Gasteiger partial charge in [-0.1, -0.05) is 6.07 Å². The first-order chi connectivity index (χ1) is 13.6. The lowest BCUT2D eigenvalue weighted by Gasteiger charge is -2.23. The summed E-state index contributed by atoms with van der Waals surface area (Å²) >= 11 is 0. The molecule has 0 aliphatic heterocycles. The molecule has 6 nitrogen and oxygen atoms in total.